The molecule has 4 aromatic carbocycles. The fraction of sp³-hybridized carbons (Fsp3) is 0.0968. The molecule has 1 aromatic heterocycles. The van der Waals surface area contributed by atoms with Crippen LogP contribution in [0.15, 0.2) is 119 Å². The fourth-order valence-electron chi connectivity index (χ4n) is 4.81. The third-order valence-electron chi connectivity index (χ3n) is 6.69. The van der Waals surface area contributed by atoms with Gasteiger partial charge < -0.3 is 4.42 Å². The molecule has 4 nitrogen and oxygen atoms in total. The SMILES string of the molecule is Cc1ccc(C2C=C(c3ccccc3)c3oc4ccccc4c3N2S(=O)(=O)c2ccc(C)cc2)cc1. The van der Waals surface area contributed by atoms with Crippen molar-refractivity contribution in [3.05, 3.63) is 137 Å². The molecule has 5 aromatic rings. The van der Waals surface area contributed by atoms with E-state index in [1.807, 2.05) is 111 Å². The Morgan fingerprint density at radius 3 is 2.03 bits per heavy atom. The van der Waals surface area contributed by atoms with Crippen molar-refractivity contribution in [1.82, 2.24) is 0 Å². The Balaban J connectivity index is 1.68. The summed E-state index contributed by atoms with van der Waals surface area (Å²) < 4.78 is 36.6. The molecule has 0 bridgehead atoms. The van der Waals surface area contributed by atoms with Gasteiger partial charge in [-0.25, -0.2) is 8.42 Å². The summed E-state index contributed by atoms with van der Waals surface area (Å²) in [6.07, 6.45) is 2.01. The molecule has 6 rings (SSSR count). The Morgan fingerprint density at radius 1 is 0.722 bits per heavy atom. The van der Waals surface area contributed by atoms with Crippen molar-refractivity contribution in [2.75, 3.05) is 4.31 Å². The first kappa shape index (κ1) is 22.4. The van der Waals surface area contributed by atoms with Crippen LogP contribution >= 0.6 is 0 Å². The van der Waals surface area contributed by atoms with Crippen LogP contribution in [0.2, 0.25) is 0 Å². The van der Waals surface area contributed by atoms with Gasteiger partial charge in [-0.3, -0.25) is 4.31 Å². The van der Waals surface area contributed by atoms with Gasteiger partial charge in [-0.15, -0.1) is 0 Å². The van der Waals surface area contributed by atoms with Gasteiger partial charge in [0.25, 0.3) is 10.0 Å². The van der Waals surface area contributed by atoms with Gasteiger partial charge >= 0.3 is 0 Å². The van der Waals surface area contributed by atoms with Crippen LogP contribution in [-0.4, -0.2) is 8.42 Å². The van der Waals surface area contributed by atoms with Crippen molar-refractivity contribution in [1.29, 1.82) is 0 Å². The molecule has 1 aliphatic rings. The smallest absolute Gasteiger partial charge is 0.265 e. The van der Waals surface area contributed by atoms with Gasteiger partial charge in [0.2, 0.25) is 0 Å². The lowest BCUT2D eigenvalue weighted by Gasteiger charge is -2.35. The lowest BCUT2D eigenvalue weighted by atomic mass is 9.93. The maximum atomic E-state index is 14.4. The summed E-state index contributed by atoms with van der Waals surface area (Å²) in [5, 5.41) is 0.766. The fourth-order valence-corrected chi connectivity index (χ4v) is 6.42. The molecular formula is C31H25NO3S. The minimum absolute atomic E-state index is 0.248. The summed E-state index contributed by atoms with van der Waals surface area (Å²) in [6, 6.07) is 32.1. The Kier molecular flexibility index (Phi) is 5.31. The minimum atomic E-state index is -3.94. The number of nitrogens with zero attached hydrogens (tertiary/aromatic N) is 1. The van der Waals surface area contributed by atoms with E-state index in [1.54, 1.807) is 12.1 Å². The van der Waals surface area contributed by atoms with Crippen LogP contribution in [0, 0.1) is 13.8 Å². The average Bonchev–Trinajstić information content (AvgIpc) is 3.28. The number of fused-ring (bicyclic) bond motifs is 3. The molecule has 0 radical (unpaired) electrons. The van der Waals surface area contributed by atoms with E-state index < -0.39 is 16.1 Å². The van der Waals surface area contributed by atoms with Gasteiger partial charge in [0.1, 0.15) is 11.3 Å². The number of hydrogen-bond acceptors (Lipinski definition) is 3. The highest BCUT2D eigenvalue weighted by Crippen LogP contribution is 2.50. The van der Waals surface area contributed by atoms with Crippen LogP contribution < -0.4 is 4.31 Å². The van der Waals surface area contributed by atoms with Crippen molar-refractivity contribution < 1.29 is 12.8 Å². The zero-order valence-electron chi connectivity index (χ0n) is 20.0. The van der Waals surface area contributed by atoms with Gasteiger partial charge in [-0.2, -0.15) is 0 Å². The van der Waals surface area contributed by atoms with E-state index in [2.05, 4.69) is 0 Å². The number of anilines is 1. The highest BCUT2D eigenvalue weighted by atomic mass is 32.2. The van der Waals surface area contributed by atoms with Crippen molar-refractivity contribution in [2.24, 2.45) is 0 Å². The molecule has 2 heterocycles. The Hall–Kier alpha value is -4.09. The third-order valence-corrected chi connectivity index (χ3v) is 8.49. The molecule has 0 fully saturated rings. The number of aryl methyl sites for hydroxylation is 2. The molecule has 36 heavy (non-hydrogen) atoms. The number of para-hydroxylation sites is 1. The van der Waals surface area contributed by atoms with Crippen LogP contribution in [0.25, 0.3) is 16.5 Å². The predicted molar refractivity (Wildman–Crippen MR) is 144 cm³/mol. The number of hydrogen-bond donors (Lipinski definition) is 0. The second-order valence-electron chi connectivity index (χ2n) is 9.19. The molecule has 1 unspecified atom stereocenters. The average molecular weight is 492 g/mol. The van der Waals surface area contributed by atoms with Crippen molar-refractivity contribution >= 4 is 32.3 Å². The van der Waals surface area contributed by atoms with Gasteiger partial charge in [-0.1, -0.05) is 90.0 Å². The minimum Gasteiger partial charge on any atom is -0.454 e. The first-order valence-electron chi connectivity index (χ1n) is 11.9. The number of furan rings is 1. The summed E-state index contributed by atoms with van der Waals surface area (Å²) in [4.78, 5) is 0.248. The van der Waals surface area contributed by atoms with Crippen LogP contribution in [-0.2, 0) is 10.0 Å². The molecule has 5 heteroatoms. The topological polar surface area (TPSA) is 50.5 Å². The van der Waals surface area contributed by atoms with Gasteiger partial charge in [0.05, 0.1) is 10.9 Å². The quantitative estimate of drug-likeness (QED) is 0.263. The van der Waals surface area contributed by atoms with Crippen molar-refractivity contribution in [3.8, 4) is 0 Å². The lowest BCUT2D eigenvalue weighted by molar-refractivity contribution is 0.576. The largest absolute Gasteiger partial charge is 0.454 e. The van der Waals surface area contributed by atoms with Crippen molar-refractivity contribution in [3.63, 3.8) is 0 Å². The summed E-state index contributed by atoms with van der Waals surface area (Å²) in [5.41, 5.74) is 6.08. The molecule has 1 atom stereocenters. The molecule has 0 amide bonds. The van der Waals surface area contributed by atoms with E-state index in [0.29, 0.717) is 17.0 Å². The van der Waals surface area contributed by atoms with Gasteiger partial charge in [0.15, 0.2) is 5.76 Å². The first-order chi connectivity index (χ1) is 17.4. The van der Waals surface area contributed by atoms with E-state index >= 15 is 0 Å². The number of rotatable bonds is 4. The van der Waals surface area contributed by atoms with E-state index in [9.17, 15) is 8.42 Å². The maximum absolute atomic E-state index is 14.4. The monoisotopic (exact) mass is 491 g/mol. The van der Waals surface area contributed by atoms with E-state index in [-0.39, 0.29) is 4.90 Å². The highest BCUT2D eigenvalue weighted by molar-refractivity contribution is 7.92. The zero-order valence-corrected chi connectivity index (χ0v) is 20.9. The maximum Gasteiger partial charge on any atom is 0.265 e. The molecule has 0 aliphatic carbocycles. The summed E-state index contributed by atoms with van der Waals surface area (Å²) in [5.74, 6) is 0.557. The molecule has 178 valence electrons. The van der Waals surface area contributed by atoms with E-state index in [0.717, 1.165) is 33.2 Å². The lowest BCUT2D eigenvalue weighted by Crippen LogP contribution is -2.36. The second kappa shape index (κ2) is 8.54. The Labute approximate surface area is 211 Å². The molecular weight excluding hydrogens is 466 g/mol. The summed E-state index contributed by atoms with van der Waals surface area (Å²) in [6.45, 7) is 3.97. The third kappa shape index (κ3) is 3.64. The van der Waals surface area contributed by atoms with E-state index in [1.165, 1.54) is 4.31 Å². The zero-order chi connectivity index (χ0) is 24.9. The summed E-state index contributed by atoms with van der Waals surface area (Å²) >= 11 is 0. The molecule has 0 spiro atoms. The van der Waals surface area contributed by atoms with Gasteiger partial charge in [0, 0.05) is 11.0 Å². The Morgan fingerprint density at radius 2 is 1.33 bits per heavy atom. The summed E-state index contributed by atoms with van der Waals surface area (Å²) in [7, 11) is -3.94. The van der Waals surface area contributed by atoms with Gasteiger partial charge in [-0.05, 0) is 55.3 Å². The molecule has 0 saturated heterocycles. The van der Waals surface area contributed by atoms with Crippen molar-refractivity contribution in [2.45, 2.75) is 24.8 Å². The van der Waals surface area contributed by atoms with Crippen LogP contribution in [0.5, 0.6) is 0 Å². The molecule has 0 saturated carbocycles. The normalized spacial score (nSPS) is 15.6. The van der Waals surface area contributed by atoms with Crippen LogP contribution in [0.3, 0.4) is 0 Å². The predicted octanol–water partition coefficient (Wildman–Crippen LogP) is 7.43. The first-order valence-corrected chi connectivity index (χ1v) is 13.3. The number of benzene rings is 4. The molecule has 1 aliphatic heterocycles. The van der Waals surface area contributed by atoms with E-state index in [4.69, 9.17) is 4.42 Å². The van der Waals surface area contributed by atoms with Crippen LogP contribution in [0.1, 0.15) is 34.1 Å². The Bertz CT molecular complexity index is 1700. The molecule has 0 N–H and O–H groups in total. The van der Waals surface area contributed by atoms with Crippen LogP contribution in [0.4, 0.5) is 5.69 Å². The number of sulfonamides is 1. The standard InChI is InChI=1S/C31H25NO3S/c1-21-12-16-24(17-13-21)28-20-27(23-8-4-3-5-9-23)31-30(26-10-6-7-11-29(26)35-31)32(28)36(33,34)25-18-14-22(2)15-19-25/h3-20,28H,1-2H3. The highest BCUT2D eigenvalue weighted by Gasteiger charge is 2.40. The second-order valence-corrected chi connectivity index (χ2v) is 11.0.